The van der Waals surface area contributed by atoms with Crippen LogP contribution in [-0.2, 0) is 6.54 Å². The van der Waals surface area contributed by atoms with E-state index in [1.165, 1.54) is 10.7 Å². The molecule has 0 saturated heterocycles. The first-order valence-electron chi connectivity index (χ1n) is 5.08. The molecule has 0 bridgehead atoms. The van der Waals surface area contributed by atoms with Gasteiger partial charge < -0.3 is 5.11 Å². The molecule has 1 aromatic heterocycles. The van der Waals surface area contributed by atoms with Gasteiger partial charge in [-0.05, 0) is 19.1 Å². The lowest BCUT2D eigenvalue weighted by atomic mass is 10.2. The van der Waals surface area contributed by atoms with E-state index in [1.54, 1.807) is 25.3 Å². The summed E-state index contributed by atoms with van der Waals surface area (Å²) in [5.74, 6) is -0.383. The van der Waals surface area contributed by atoms with Gasteiger partial charge in [-0.15, -0.1) is 5.10 Å². The van der Waals surface area contributed by atoms with Crippen molar-refractivity contribution >= 4 is 11.6 Å². The van der Waals surface area contributed by atoms with E-state index >= 15 is 0 Å². The Morgan fingerprint density at radius 3 is 2.88 bits per heavy atom. The molecule has 1 heterocycles. The second-order valence-electron chi connectivity index (χ2n) is 3.75. The number of benzene rings is 1. The summed E-state index contributed by atoms with van der Waals surface area (Å²) in [6.45, 7) is 1.85. The van der Waals surface area contributed by atoms with Gasteiger partial charge in [0.25, 0.3) is 0 Å². The number of halogens is 2. The SMILES string of the molecule is CC(O)c1cn(Cc2ccc(Cl)cc2F)nn1. The van der Waals surface area contributed by atoms with Gasteiger partial charge in [-0.25, -0.2) is 9.07 Å². The largest absolute Gasteiger partial charge is 0.387 e. The molecule has 1 atom stereocenters. The lowest BCUT2D eigenvalue weighted by Gasteiger charge is -2.03. The van der Waals surface area contributed by atoms with Crippen LogP contribution in [-0.4, -0.2) is 20.1 Å². The maximum absolute atomic E-state index is 13.5. The number of aliphatic hydroxyl groups excluding tert-OH is 1. The summed E-state index contributed by atoms with van der Waals surface area (Å²) in [6, 6.07) is 4.47. The van der Waals surface area contributed by atoms with Crippen molar-refractivity contribution in [1.82, 2.24) is 15.0 Å². The Bertz CT molecular complexity index is 527. The third-order valence-corrected chi connectivity index (χ3v) is 2.57. The summed E-state index contributed by atoms with van der Waals surface area (Å²) in [6.07, 6.45) is 0.900. The van der Waals surface area contributed by atoms with Crippen molar-refractivity contribution in [3.63, 3.8) is 0 Å². The average molecular weight is 256 g/mol. The van der Waals surface area contributed by atoms with Gasteiger partial charge in [0.05, 0.1) is 18.8 Å². The number of rotatable bonds is 3. The van der Waals surface area contributed by atoms with E-state index < -0.39 is 6.10 Å². The fraction of sp³-hybridized carbons (Fsp3) is 0.273. The minimum absolute atomic E-state index is 0.253. The van der Waals surface area contributed by atoms with Crippen molar-refractivity contribution in [2.75, 3.05) is 0 Å². The molecule has 0 aliphatic rings. The first kappa shape index (κ1) is 12.0. The van der Waals surface area contributed by atoms with E-state index in [2.05, 4.69) is 10.3 Å². The summed E-state index contributed by atoms with van der Waals surface area (Å²) < 4.78 is 15.0. The van der Waals surface area contributed by atoms with Crippen molar-refractivity contribution < 1.29 is 9.50 Å². The van der Waals surface area contributed by atoms with E-state index in [-0.39, 0.29) is 12.4 Å². The monoisotopic (exact) mass is 255 g/mol. The minimum Gasteiger partial charge on any atom is -0.387 e. The molecule has 2 rings (SSSR count). The molecule has 6 heteroatoms. The molecule has 0 amide bonds. The van der Waals surface area contributed by atoms with Gasteiger partial charge in [0.15, 0.2) is 0 Å². The summed E-state index contributed by atoms with van der Waals surface area (Å²) in [5, 5.41) is 17.2. The molecule has 0 aliphatic carbocycles. The Hall–Kier alpha value is -1.46. The van der Waals surface area contributed by atoms with Crippen LogP contribution >= 0.6 is 11.6 Å². The van der Waals surface area contributed by atoms with Crippen molar-refractivity contribution in [2.45, 2.75) is 19.6 Å². The summed E-state index contributed by atoms with van der Waals surface area (Å²) >= 11 is 5.66. The molecule has 17 heavy (non-hydrogen) atoms. The number of hydrogen-bond donors (Lipinski definition) is 1. The molecule has 0 spiro atoms. The lowest BCUT2D eigenvalue weighted by Crippen LogP contribution is -2.02. The van der Waals surface area contributed by atoms with Crippen molar-refractivity contribution in [3.05, 3.63) is 46.5 Å². The van der Waals surface area contributed by atoms with Gasteiger partial charge in [-0.2, -0.15) is 0 Å². The fourth-order valence-corrected chi connectivity index (χ4v) is 1.57. The summed E-state index contributed by atoms with van der Waals surface area (Å²) in [7, 11) is 0. The van der Waals surface area contributed by atoms with Gasteiger partial charge >= 0.3 is 0 Å². The van der Waals surface area contributed by atoms with Gasteiger partial charge in [-0.1, -0.05) is 22.9 Å². The minimum atomic E-state index is -0.682. The highest BCUT2D eigenvalue weighted by Crippen LogP contribution is 2.16. The zero-order valence-corrected chi connectivity index (χ0v) is 9.89. The van der Waals surface area contributed by atoms with E-state index in [4.69, 9.17) is 11.6 Å². The molecular formula is C11H11ClFN3O. The van der Waals surface area contributed by atoms with Gasteiger partial charge in [0.2, 0.25) is 0 Å². The van der Waals surface area contributed by atoms with Crippen LogP contribution in [0.4, 0.5) is 4.39 Å². The van der Waals surface area contributed by atoms with E-state index in [0.29, 0.717) is 16.3 Å². The van der Waals surface area contributed by atoms with Gasteiger partial charge in [0, 0.05) is 10.6 Å². The lowest BCUT2D eigenvalue weighted by molar-refractivity contribution is 0.194. The number of nitrogens with zero attached hydrogens (tertiary/aromatic N) is 3. The molecule has 0 radical (unpaired) electrons. The normalized spacial score (nSPS) is 12.7. The maximum atomic E-state index is 13.5. The van der Waals surface area contributed by atoms with Crippen molar-refractivity contribution in [1.29, 1.82) is 0 Å². The molecule has 0 aliphatic heterocycles. The predicted molar refractivity (Wildman–Crippen MR) is 61.2 cm³/mol. The Morgan fingerprint density at radius 2 is 2.29 bits per heavy atom. The van der Waals surface area contributed by atoms with Crippen LogP contribution in [0.3, 0.4) is 0 Å². The Kier molecular flexibility index (Phi) is 3.40. The van der Waals surface area contributed by atoms with Crippen LogP contribution in [0.2, 0.25) is 5.02 Å². The van der Waals surface area contributed by atoms with Gasteiger partial charge in [0.1, 0.15) is 11.5 Å². The fourth-order valence-electron chi connectivity index (χ4n) is 1.41. The van der Waals surface area contributed by atoms with Gasteiger partial charge in [-0.3, -0.25) is 0 Å². The first-order chi connectivity index (χ1) is 8.06. The van der Waals surface area contributed by atoms with Crippen molar-refractivity contribution in [2.24, 2.45) is 0 Å². The standard InChI is InChI=1S/C11H11ClFN3O/c1-7(17)11-6-16(15-14-11)5-8-2-3-9(12)4-10(8)13/h2-4,6-7,17H,5H2,1H3. The van der Waals surface area contributed by atoms with E-state index in [0.717, 1.165) is 0 Å². The molecule has 1 N–H and O–H groups in total. The van der Waals surface area contributed by atoms with Crippen LogP contribution in [0, 0.1) is 5.82 Å². The van der Waals surface area contributed by atoms with Crippen molar-refractivity contribution in [3.8, 4) is 0 Å². The highest BCUT2D eigenvalue weighted by molar-refractivity contribution is 6.30. The van der Waals surface area contributed by atoms with Crippen LogP contribution in [0.25, 0.3) is 0 Å². The highest BCUT2D eigenvalue weighted by Gasteiger charge is 2.08. The van der Waals surface area contributed by atoms with E-state index in [1.807, 2.05) is 0 Å². The Balaban J connectivity index is 2.19. The number of hydrogen-bond acceptors (Lipinski definition) is 3. The summed E-state index contributed by atoms with van der Waals surface area (Å²) in [4.78, 5) is 0. The third-order valence-electron chi connectivity index (χ3n) is 2.33. The summed E-state index contributed by atoms with van der Waals surface area (Å²) in [5.41, 5.74) is 0.927. The maximum Gasteiger partial charge on any atom is 0.129 e. The Labute approximate surface area is 103 Å². The molecule has 90 valence electrons. The quantitative estimate of drug-likeness (QED) is 0.915. The molecule has 1 unspecified atom stereocenters. The smallest absolute Gasteiger partial charge is 0.129 e. The molecular weight excluding hydrogens is 245 g/mol. The highest BCUT2D eigenvalue weighted by atomic mass is 35.5. The predicted octanol–water partition coefficient (Wildman–Crippen LogP) is 2.17. The zero-order chi connectivity index (χ0) is 12.4. The van der Waals surface area contributed by atoms with E-state index in [9.17, 15) is 9.50 Å². The van der Waals surface area contributed by atoms with Crippen LogP contribution in [0.1, 0.15) is 24.3 Å². The average Bonchev–Trinajstić information content (AvgIpc) is 2.71. The zero-order valence-electron chi connectivity index (χ0n) is 9.14. The molecule has 4 nitrogen and oxygen atoms in total. The Morgan fingerprint density at radius 1 is 1.53 bits per heavy atom. The van der Waals surface area contributed by atoms with Crippen LogP contribution < -0.4 is 0 Å². The molecule has 0 saturated carbocycles. The molecule has 1 aromatic carbocycles. The van der Waals surface area contributed by atoms with Crippen LogP contribution in [0.15, 0.2) is 24.4 Å². The second kappa shape index (κ2) is 4.81. The number of aromatic nitrogens is 3. The van der Waals surface area contributed by atoms with Crippen LogP contribution in [0.5, 0.6) is 0 Å². The third kappa shape index (κ3) is 2.81. The number of aliphatic hydroxyl groups is 1. The molecule has 2 aromatic rings. The first-order valence-corrected chi connectivity index (χ1v) is 5.46. The molecule has 0 fully saturated rings. The topological polar surface area (TPSA) is 50.9 Å². The second-order valence-corrected chi connectivity index (χ2v) is 4.19.